The summed E-state index contributed by atoms with van der Waals surface area (Å²) < 4.78 is 0. The molecule has 1 atom stereocenters. The van der Waals surface area contributed by atoms with E-state index in [9.17, 15) is 9.90 Å². The second kappa shape index (κ2) is 5.38. The lowest BCUT2D eigenvalue weighted by molar-refractivity contribution is -0.126. The van der Waals surface area contributed by atoms with Gasteiger partial charge in [-0.3, -0.25) is 4.79 Å². The molecule has 0 heterocycles. The fourth-order valence-electron chi connectivity index (χ4n) is 2.18. The summed E-state index contributed by atoms with van der Waals surface area (Å²) in [6.07, 6.45) is 4.49. The van der Waals surface area contributed by atoms with Crippen LogP contribution in [-0.4, -0.2) is 23.2 Å². The van der Waals surface area contributed by atoms with Crippen molar-refractivity contribution in [3.63, 3.8) is 0 Å². The molecule has 1 fully saturated rings. The molecule has 1 aliphatic rings. The smallest absolute Gasteiger partial charge is 0.222 e. The molecule has 0 spiro atoms. The summed E-state index contributed by atoms with van der Waals surface area (Å²) in [5, 5.41) is 13.3. The van der Waals surface area contributed by atoms with Crippen molar-refractivity contribution in [2.45, 2.75) is 65.4 Å². The molecular formula is C14H27NO2. The third-order valence-electron chi connectivity index (χ3n) is 4.19. The maximum atomic E-state index is 11.7. The molecule has 0 radical (unpaired) electrons. The molecule has 3 nitrogen and oxygen atoms in total. The van der Waals surface area contributed by atoms with E-state index in [1.807, 2.05) is 13.8 Å². The van der Waals surface area contributed by atoms with Gasteiger partial charge in [-0.1, -0.05) is 27.7 Å². The molecule has 1 unspecified atom stereocenters. The third-order valence-corrected chi connectivity index (χ3v) is 4.19. The second-order valence-corrected chi connectivity index (χ2v) is 6.42. The first-order valence-electron chi connectivity index (χ1n) is 6.78. The standard InChI is InChI=1S/C14H27NO2/c1-5-11(2)12(16)15-10-14(17)8-6-13(3,4)7-9-14/h11,17H,5-10H2,1-4H3,(H,15,16). The second-order valence-electron chi connectivity index (χ2n) is 6.42. The highest BCUT2D eigenvalue weighted by Gasteiger charge is 2.36. The van der Waals surface area contributed by atoms with Crippen LogP contribution in [-0.2, 0) is 4.79 Å². The molecule has 3 heteroatoms. The Morgan fingerprint density at radius 2 is 1.82 bits per heavy atom. The minimum atomic E-state index is -0.682. The van der Waals surface area contributed by atoms with E-state index in [4.69, 9.17) is 0 Å². The number of nitrogens with one attached hydrogen (secondary N) is 1. The van der Waals surface area contributed by atoms with Crippen LogP contribution in [0.5, 0.6) is 0 Å². The summed E-state index contributed by atoms with van der Waals surface area (Å²) in [4.78, 5) is 11.7. The lowest BCUT2D eigenvalue weighted by Crippen LogP contribution is -2.47. The van der Waals surface area contributed by atoms with Crippen molar-refractivity contribution >= 4 is 5.91 Å². The molecule has 0 aromatic heterocycles. The molecular weight excluding hydrogens is 214 g/mol. The van der Waals surface area contributed by atoms with E-state index in [0.29, 0.717) is 12.0 Å². The number of aliphatic hydroxyl groups is 1. The molecule has 0 aliphatic heterocycles. The quantitative estimate of drug-likeness (QED) is 0.794. The van der Waals surface area contributed by atoms with Crippen LogP contribution >= 0.6 is 0 Å². The summed E-state index contributed by atoms with van der Waals surface area (Å²) >= 11 is 0. The highest BCUT2D eigenvalue weighted by molar-refractivity contribution is 5.78. The zero-order chi connectivity index (χ0) is 13.1. The number of carbonyl (C=O) groups excluding carboxylic acids is 1. The Bertz CT molecular complexity index is 263. The number of hydrogen-bond donors (Lipinski definition) is 2. The zero-order valence-corrected chi connectivity index (χ0v) is 11.7. The van der Waals surface area contributed by atoms with Crippen LogP contribution in [0.25, 0.3) is 0 Å². The van der Waals surface area contributed by atoms with Gasteiger partial charge in [0.05, 0.1) is 5.60 Å². The molecule has 0 aromatic rings. The van der Waals surface area contributed by atoms with E-state index in [-0.39, 0.29) is 11.8 Å². The SMILES string of the molecule is CCC(C)C(=O)NCC1(O)CCC(C)(C)CC1. The molecule has 100 valence electrons. The Morgan fingerprint density at radius 1 is 1.29 bits per heavy atom. The number of carbonyl (C=O) groups is 1. The van der Waals surface area contributed by atoms with Crippen LogP contribution in [0.1, 0.15) is 59.8 Å². The van der Waals surface area contributed by atoms with Crippen molar-refractivity contribution in [2.24, 2.45) is 11.3 Å². The van der Waals surface area contributed by atoms with Gasteiger partial charge in [0.15, 0.2) is 0 Å². The molecule has 1 aliphatic carbocycles. The Morgan fingerprint density at radius 3 is 2.29 bits per heavy atom. The molecule has 2 N–H and O–H groups in total. The van der Waals surface area contributed by atoms with E-state index in [1.165, 1.54) is 0 Å². The average Bonchev–Trinajstić information content (AvgIpc) is 2.30. The minimum absolute atomic E-state index is 0.0404. The number of amides is 1. The Labute approximate surface area is 105 Å². The molecule has 0 saturated heterocycles. The summed E-state index contributed by atoms with van der Waals surface area (Å²) in [7, 11) is 0. The number of hydrogen-bond acceptors (Lipinski definition) is 2. The largest absolute Gasteiger partial charge is 0.388 e. The molecule has 0 aromatic carbocycles. The fraction of sp³-hybridized carbons (Fsp3) is 0.929. The van der Waals surface area contributed by atoms with Crippen LogP contribution in [0.15, 0.2) is 0 Å². The molecule has 1 rings (SSSR count). The van der Waals surface area contributed by atoms with Gasteiger partial charge >= 0.3 is 0 Å². The van der Waals surface area contributed by atoms with Gasteiger partial charge in [0, 0.05) is 12.5 Å². The Hall–Kier alpha value is -0.570. The van der Waals surface area contributed by atoms with E-state index in [1.54, 1.807) is 0 Å². The maximum absolute atomic E-state index is 11.7. The summed E-state index contributed by atoms with van der Waals surface area (Å²) in [6.45, 7) is 8.81. The lowest BCUT2D eigenvalue weighted by atomic mass is 9.71. The van der Waals surface area contributed by atoms with Gasteiger partial charge in [0.2, 0.25) is 5.91 Å². The van der Waals surface area contributed by atoms with Gasteiger partial charge < -0.3 is 10.4 Å². The van der Waals surface area contributed by atoms with Gasteiger partial charge in [0.1, 0.15) is 0 Å². The first kappa shape index (κ1) is 14.5. The van der Waals surface area contributed by atoms with Crippen molar-refractivity contribution in [1.29, 1.82) is 0 Å². The molecule has 17 heavy (non-hydrogen) atoms. The van der Waals surface area contributed by atoms with Gasteiger partial charge in [-0.25, -0.2) is 0 Å². The van der Waals surface area contributed by atoms with Crippen molar-refractivity contribution in [3.8, 4) is 0 Å². The monoisotopic (exact) mass is 241 g/mol. The van der Waals surface area contributed by atoms with Crippen LogP contribution in [0.3, 0.4) is 0 Å². The molecule has 1 amide bonds. The van der Waals surface area contributed by atoms with Gasteiger partial charge in [-0.2, -0.15) is 0 Å². The first-order chi connectivity index (χ1) is 7.78. The average molecular weight is 241 g/mol. The first-order valence-corrected chi connectivity index (χ1v) is 6.78. The van der Waals surface area contributed by atoms with Crippen molar-refractivity contribution < 1.29 is 9.90 Å². The van der Waals surface area contributed by atoms with Crippen molar-refractivity contribution in [2.75, 3.05) is 6.54 Å². The normalized spacial score (nSPS) is 24.1. The van der Waals surface area contributed by atoms with Gasteiger partial charge in [-0.15, -0.1) is 0 Å². The van der Waals surface area contributed by atoms with Crippen LogP contribution in [0.2, 0.25) is 0 Å². The van der Waals surface area contributed by atoms with Crippen LogP contribution in [0, 0.1) is 11.3 Å². The molecule has 1 saturated carbocycles. The zero-order valence-electron chi connectivity index (χ0n) is 11.7. The maximum Gasteiger partial charge on any atom is 0.222 e. The van der Waals surface area contributed by atoms with E-state index in [0.717, 1.165) is 32.1 Å². The number of rotatable bonds is 4. The predicted molar refractivity (Wildman–Crippen MR) is 69.7 cm³/mol. The predicted octanol–water partition coefficient (Wildman–Crippen LogP) is 2.48. The Kier molecular flexibility index (Phi) is 4.59. The van der Waals surface area contributed by atoms with Crippen LogP contribution in [0.4, 0.5) is 0 Å². The third kappa shape index (κ3) is 4.30. The fourth-order valence-corrected chi connectivity index (χ4v) is 2.18. The van der Waals surface area contributed by atoms with Crippen molar-refractivity contribution in [3.05, 3.63) is 0 Å². The Balaban J connectivity index is 2.39. The molecule has 0 bridgehead atoms. The minimum Gasteiger partial charge on any atom is -0.388 e. The summed E-state index contributed by atoms with van der Waals surface area (Å²) in [5.41, 5.74) is -0.342. The summed E-state index contributed by atoms with van der Waals surface area (Å²) in [6, 6.07) is 0. The van der Waals surface area contributed by atoms with E-state index < -0.39 is 5.60 Å². The van der Waals surface area contributed by atoms with Crippen LogP contribution < -0.4 is 5.32 Å². The van der Waals surface area contributed by atoms with Gasteiger partial charge in [0.25, 0.3) is 0 Å². The van der Waals surface area contributed by atoms with Crippen molar-refractivity contribution in [1.82, 2.24) is 5.32 Å². The van der Waals surface area contributed by atoms with E-state index >= 15 is 0 Å². The lowest BCUT2D eigenvalue weighted by Gasteiger charge is -2.40. The highest BCUT2D eigenvalue weighted by atomic mass is 16.3. The highest BCUT2D eigenvalue weighted by Crippen LogP contribution is 2.39. The summed E-state index contributed by atoms with van der Waals surface area (Å²) in [5.74, 6) is 0.101. The topological polar surface area (TPSA) is 49.3 Å². The van der Waals surface area contributed by atoms with Gasteiger partial charge in [-0.05, 0) is 37.5 Å². The van der Waals surface area contributed by atoms with E-state index in [2.05, 4.69) is 19.2 Å².